The zero-order valence-electron chi connectivity index (χ0n) is 6.19. The first-order valence-electron chi connectivity index (χ1n) is 4.14. The lowest BCUT2D eigenvalue weighted by molar-refractivity contribution is 0.431. The van der Waals surface area contributed by atoms with Gasteiger partial charge in [0.2, 0.25) is 0 Å². The second-order valence-corrected chi connectivity index (χ2v) is 3.02. The molecule has 0 spiro atoms. The molecular formula is C8H14N2. The number of nitrogens with one attached hydrogen (secondary N) is 2. The van der Waals surface area contributed by atoms with Crippen molar-refractivity contribution in [3.8, 4) is 0 Å². The van der Waals surface area contributed by atoms with Crippen molar-refractivity contribution in [2.24, 2.45) is 0 Å². The first-order valence-corrected chi connectivity index (χ1v) is 4.14. The van der Waals surface area contributed by atoms with E-state index in [1.807, 2.05) is 0 Å². The molecule has 2 heteroatoms. The Kier molecular flexibility index (Phi) is 1.63. The topological polar surface area (TPSA) is 24.1 Å². The van der Waals surface area contributed by atoms with Gasteiger partial charge in [0.25, 0.3) is 0 Å². The van der Waals surface area contributed by atoms with E-state index in [0.29, 0.717) is 6.04 Å². The highest BCUT2D eigenvalue weighted by atomic mass is 15.1. The van der Waals surface area contributed by atoms with E-state index in [1.54, 1.807) is 0 Å². The van der Waals surface area contributed by atoms with Gasteiger partial charge < -0.3 is 10.6 Å². The second-order valence-electron chi connectivity index (χ2n) is 3.02. The lowest BCUT2D eigenvalue weighted by Gasteiger charge is -2.30. The van der Waals surface area contributed by atoms with Crippen LogP contribution in [-0.4, -0.2) is 19.1 Å². The van der Waals surface area contributed by atoms with Crippen molar-refractivity contribution >= 4 is 0 Å². The van der Waals surface area contributed by atoms with Crippen molar-refractivity contribution in [3.05, 3.63) is 11.8 Å². The Balaban J connectivity index is 2.08. The van der Waals surface area contributed by atoms with Crippen molar-refractivity contribution in [2.75, 3.05) is 13.1 Å². The van der Waals surface area contributed by atoms with Gasteiger partial charge in [-0.15, -0.1) is 0 Å². The van der Waals surface area contributed by atoms with Gasteiger partial charge in [-0.05, 0) is 19.3 Å². The van der Waals surface area contributed by atoms with Crippen LogP contribution in [0.2, 0.25) is 0 Å². The molecule has 0 aromatic heterocycles. The van der Waals surface area contributed by atoms with E-state index in [0.717, 1.165) is 13.1 Å². The molecule has 0 radical (unpaired) electrons. The summed E-state index contributed by atoms with van der Waals surface area (Å²) in [4.78, 5) is 0. The summed E-state index contributed by atoms with van der Waals surface area (Å²) in [5.41, 5.74) is 1.44. The molecular weight excluding hydrogens is 124 g/mol. The summed E-state index contributed by atoms with van der Waals surface area (Å²) in [6.45, 7) is 2.23. The fourth-order valence-corrected chi connectivity index (χ4v) is 1.74. The maximum absolute atomic E-state index is 3.49. The van der Waals surface area contributed by atoms with Crippen molar-refractivity contribution in [2.45, 2.75) is 25.3 Å². The molecule has 1 aliphatic carbocycles. The molecule has 1 fully saturated rings. The van der Waals surface area contributed by atoms with Crippen molar-refractivity contribution in [3.63, 3.8) is 0 Å². The highest BCUT2D eigenvalue weighted by Gasteiger charge is 2.19. The van der Waals surface area contributed by atoms with Crippen LogP contribution in [0.1, 0.15) is 19.3 Å². The Morgan fingerprint density at radius 2 is 2.40 bits per heavy atom. The molecule has 1 heterocycles. The van der Waals surface area contributed by atoms with E-state index < -0.39 is 0 Å². The van der Waals surface area contributed by atoms with Crippen LogP contribution in [0.3, 0.4) is 0 Å². The Bertz CT molecular complexity index is 151. The molecule has 1 saturated heterocycles. The summed E-state index contributed by atoms with van der Waals surface area (Å²) in [6.07, 6.45) is 6.27. The van der Waals surface area contributed by atoms with E-state index in [2.05, 4.69) is 16.7 Å². The highest BCUT2D eigenvalue weighted by molar-refractivity contribution is 5.13. The predicted octanol–water partition coefficient (Wildman–Crippen LogP) is 0.616. The monoisotopic (exact) mass is 138 g/mol. The second kappa shape index (κ2) is 2.62. The molecule has 10 heavy (non-hydrogen) atoms. The normalized spacial score (nSPS) is 32.0. The Labute approximate surface area is 61.7 Å². The Morgan fingerprint density at radius 3 is 3.30 bits per heavy atom. The predicted molar refractivity (Wildman–Crippen MR) is 41.7 cm³/mol. The zero-order valence-corrected chi connectivity index (χ0v) is 6.19. The average molecular weight is 138 g/mol. The first kappa shape index (κ1) is 6.23. The third-order valence-corrected chi connectivity index (χ3v) is 2.28. The number of fused-ring (bicyclic) bond motifs is 1. The van der Waals surface area contributed by atoms with Gasteiger partial charge in [0.05, 0.1) is 0 Å². The molecule has 0 saturated carbocycles. The number of allylic oxidation sites excluding steroid dienone is 1. The quantitative estimate of drug-likeness (QED) is 0.512. The number of rotatable bonds is 0. The molecule has 1 aliphatic heterocycles. The number of hydrogen-bond acceptors (Lipinski definition) is 2. The molecule has 0 aromatic rings. The minimum atomic E-state index is 0.655. The number of hydrogen-bond donors (Lipinski definition) is 2. The van der Waals surface area contributed by atoms with E-state index in [-0.39, 0.29) is 0 Å². The standard InChI is InChI=1S/C8H14N2/c1-2-4-8-7(3-1)9-5-6-10-8/h3,8-10H,1-2,4-6H2/t8-/m1/s1. The van der Waals surface area contributed by atoms with E-state index in [9.17, 15) is 0 Å². The third kappa shape index (κ3) is 1.03. The summed E-state index contributed by atoms with van der Waals surface area (Å²) in [5, 5.41) is 6.91. The van der Waals surface area contributed by atoms with E-state index in [4.69, 9.17) is 0 Å². The number of piperazine rings is 1. The molecule has 0 amide bonds. The van der Waals surface area contributed by atoms with Gasteiger partial charge in [-0.25, -0.2) is 0 Å². The molecule has 2 aliphatic rings. The van der Waals surface area contributed by atoms with Gasteiger partial charge in [-0.1, -0.05) is 6.08 Å². The van der Waals surface area contributed by atoms with Crippen molar-refractivity contribution in [1.82, 2.24) is 10.6 Å². The van der Waals surface area contributed by atoms with Gasteiger partial charge in [-0.3, -0.25) is 0 Å². The molecule has 0 aromatic carbocycles. The molecule has 0 unspecified atom stereocenters. The van der Waals surface area contributed by atoms with Gasteiger partial charge in [0.15, 0.2) is 0 Å². The lowest BCUT2D eigenvalue weighted by atomic mass is 9.98. The third-order valence-electron chi connectivity index (χ3n) is 2.28. The molecule has 2 rings (SSSR count). The fourth-order valence-electron chi connectivity index (χ4n) is 1.74. The van der Waals surface area contributed by atoms with Crippen LogP contribution in [0.25, 0.3) is 0 Å². The zero-order chi connectivity index (χ0) is 6.81. The molecule has 2 nitrogen and oxygen atoms in total. The maximum atomic E-state index is 3.49. The summed E-state index contributed by atoms with van der Waals surface area (Å²) >= 11 is 0. The summed E-state index contributed by atoms with van der Waals surface area (Å²) in [5.74, 6) is 0. The van der Waals surface area contributed by atoms with Crippen LogP contribution in [-0.2, 0) is 0 Å². The maximum Gasteiger partial charge on any atom is 0.0466 e. The van der Waals surface area contributed by atoms with Crippen LogP contribution in [0, 0.1) is 0 Å². The molecule has 56 valence electrons. The average Bonchev–Trinajstić information content (AvgIpc) is 2.05. The molecule has 1 atom stereocenters. The Morgan fingerprint density at radius 1 is 1.40 bits per heavy atom. The Hall–Kier alpha value is -0.500. The minimum Gasteiger partial charge on any atom is -0.386 e. The van der Waals surface area contributed by atoms with Crippen LogP contribution in [0.15, 0.2) is 11.8 Å². The van der Waals surface area contributed by atoms with Crippen LogP contribution in [0.4, 0.5) is 0 Å². The molecule has 2 N–H and O–H groups in total. The van der Waals surface area contributed by atoms with Crippen molar-refractivity contribution in [1.29, 1.82) is 0 Å². The minimum absolute atomic E-state index is 0.655. The highest BCUT2D eigenvalue weighted by Crippen LogP contribution is 2.17. The van der Waals surface area contributed by atoms with Gasteiger partial charge >= 0.3 is 0 Å². The SMILES string of the molecule is C1=C2NCCN[C@@H]2CCC1. The van der Waals surface area contributed by atoms with E-state index in [1.165, 1.54) is 25.0 Å². The summed E-state index contributed by atoms with van der Waals surface area (Å²) in [7, 11) is 0. The van der Waals surface area contributed by atoms with Gasteiger partial charge in [-0.2, -0.15) is 0 Å². The summed E-state index contributed by atoms with van der Waals surface area (Å²) < 4.78 is 0. The van der Waals surface area contributed by atoms with Gasteiger partial charge in [0.1, 0.15) is 0 Å². The van der Waals surface area contributed by atoms with Crippen LogP contribution in [0.5, 0.6) is 0 Å². The summed E-state index contributed by atoms with van der Waals surface area (Å²) in [6, 6.07) is 0.655. The van der Waals surface area contributed by atoms with Crippen LogP contribution < -0.4 is 10.6 Å². The molecule has 0 bridgehead atoms. The van der Waals surface area contributed by atoms with Gasteiger partial charge in [0, 0.05) is 24.8 Å². The smallest absolute Gasteiger partial charge is 0.0466 e. The largest absolute Gasteiger partial charge is 0.386 e. The fraction of sp³-hybridized carbons (Fsp3) is 0.750. The van der Waals surface area contributed by atoms with Crippen LogP contribution >= 0.6 is 0 Å². The lowest BCUT2D eigenvalue weighted by Crippen LogP contribution is -2.47. The first-order chi connectivity index (χ1) is 4.97. The van der Waals surface area contributed by atoms with E-state index >= 15 is 0 Å². The van der Waals surface area contributed by atoms with Crippen molar-refractivity contribution < 1.29 is 0 Å².